The summed E-state index contributed by atoms with van der Waals surface area (Å²) in [6.07, 6.45) is 0. The van der Waals surface area contributed by atoms with Crippen molar-refractivity contribution in [3.8, 4) is 0 Å². The van der Waals surface area contributed by atoms with Gasteiger partial charge in [-0.15, -0.1) is 0 Å². The molecule has 1 atom stereocenters. The minimum absolute atomic E-state index is 0.0954. The van der Waals surface area contributed by atoms with Crippen molar-refractivity contribution in [1.29, 1.82) is 0 Å². The molecule has 2 aromatic rings. The fraction of sp³-hybridized carbons (Fsp3) is 0.294. The van der Waals surface area contributed by atoms with Gasteiger partial charge in [0.15, 0.2) is 0 Å². The van der Waals surface area contributed by atoms with E-state index in [1.807, 2.05) is 7.05 Å². The van der Waals surface area contributed by atoms with Gasteiger partial charge in [-0.2, -0.15) is 0 Å². The minimum atomic E-state index is -0.264. The molecule has 2 aromatic carbocycles. The molecule has 21 heavy (non-hydrogen) atoms. The maximum atomic E-state index is 13.1. The highest BCUT2D eigenvalue weighted by molar-refractivity contribution is 5.32. The summed E-state index contributed by atoms with van der Waals surface area (Å²) in [4.78, 5) is 0. The average molecular weight is 290 g/mol. The van der Waals surface area contributed by atoms with Crippen LogP contribution < -0.4 is 10.6 Å². The third-order valence-electron chi connectivity index (χ3n) is 3.53. The number of hydrogen-bond acceptors (Lipinski definition) is 2. The van der Waals surface area contributed by atoms with Crippen molar-refractivity contribution >= 4 is 0 Å². The molecule has 0 spiro atoms. The fourth-order valence-electron chi connectivity index (χ4n) is 2.14. The molecule has 0 saturated carbocycles. The summed E-state index contributed by atoms with van der Waals surface area (Å²) in [5, 5.41) is 6.59. The van der Waals surface area contributed by atoms with Crippen LogP contribution in [0.5, 0.6) is 0 Å². The largest absolute Gasteiger partial charge is 0.316 e. The molecule has 2 N–H and O–H groups in total. The van der Waals surface area contributed by atoms with Gasteiger partial charge >= 0.3 is 0 Å². The van der Waals surface area contributed by atoms with E-state index in [1.165, 1.54) is 24.3 Å². The first kappa shape index (κ1) is 15.6. The third-order valence-corrected chi connectivity index (χ3v) is 3.53. The van der Waals surface area contributed by atoms with Crippen molar-refractivity contribution < 1.29 is 8.78 Å². The summed E-state index contributed by atoms with van der Waals surface area (Å²) in [7, 11) is 1.90. The lowest BCUT2D eigenvalue weighted by molar-refractivity contribution is 0.507. The Morgan fingerprint density at radius 1 is 0.857 bits per heavy atom. The van der Waals surface area contributed by atoms with Crippen LogP contribution in [0.3, 0.4) is 0 Å². The van der Waals surface area contributed by atoms with E-state index in [9.17, 15) is 8.78 Å². The molecule has 0 aromatic heterocycles. The maximum absolute atomic E-state index is 13.1. The normalized spacial score (nSPS) is 12.6. The van der Waals surface area contributed by atoms with Gasteiger partial charge in [0.05, 0.1) is 6.04 Å². The Morgan fingerprint density at radius 3 is 1.67 bits per heavy atom. The van der Waals surface area contributed by atoms with Crippen LogP contribution in [0.15, 0.2) is 48.5 Å². The highest BCUT2D eigenvalue weighted by Crippen LogP contribution is 2.22. The Bertz CT molecular complexity index is 507. The van der Waals surface area contributed by atoms with E-state index in [1.54, 1.807) is 24.3 Å². The molecule has 0 saturated heterocycles. The number of likely N-dealkylation sites (N-methyl/N-ethyl adjacent to an activating group) is 1. The van der Waals surface area contributed by atoms with Gasteiger partial charge in [0.1, 0.15) is 11.6 Å². The van der Waals surface area contributed by atoms with E-state index < -0.39 is 0 Å². The van der Waals surface area contributed by atoms with E-state index >= 15 is 0 Å². The van der Waals surface area contributed by atoms with Crippen LogP contribution >= 0.6 is 0 Å². The smallest absolute Gasteiger partial charge is 0.123 e. The minimum Gasteiger partial charge on any atom is -0.316 e. The lowest BCUT2D eigenvalue weighted by Gasteiger charge is -2.22. The number of hydrogen-bond donors (Lipinski definition) is 2. The lowest BCUT2D eigenvalue weighted by atomic mass is 9.98. The monoisotopic (exact) mass is 290 g/mol. The number of nitrogens with one attached hydrogen (secondary N) is 2. The molecule has 112 valence electrons. The summed E-state index contributed by atoms with van der Waals surface area (Å²) in [6.45, 7) is 2.81. The average Bonchev–Trinajstić information content (AvgIpc) is 2.50. The van der Waals surface area contributed by atoms with Crippen LogP contribution in [0.1, 0.15) is 24.1 Å². The molecular formula is C17H20F2N2. The molecule has 0 amide bonds. The first-order chi connectivity index (χ1) is 10.1. The zero-order valence-electron chi connectivity index (χ0n) is 12.2. The Labute approximate surface area is 124 Å². The Balaban J connectivity index is 2.25. The molecule has 2 rings (SSSR count). The molecule has 0 unspecified atom stereocenters. The van der Waals surface area contributed by atoms with Crippen molar-refractivity contribution in [2.24, 2.45) is 0 Å². The summed E-state index contributed by atoms with van der Waals surface area (Å²) >= 11 is 0. The van der Waals surface area contributed by atoms with Gasteiger partial charge in [-0.05, 0) is 49.4 Å². The quantitative estimate of drug-likeness (QED) is 0.853. The Morgan fingerprint density at radius 2 is 1.29 bits per heavy atom. The van der Waals surface area contributed by atoms with E-state index in [2.05, 4.69) is 17.6 Å². The first-order valence-electron chi connectivity index (χ1n) is 7.01. The van der Waals surface area contributed by atoms with Crippen LogP contribution in [-0.4, -0.2) is 19.6 Å². The molecule has 0 aliphatic heterocycles. The highest BCUT2D eigenvalue weighted by Gasteiger charge is 2.14. The molecule has 0 aliphatic carbocycles. The highest BCUT2D eigenvalue weighted by atomic mass is 19.1. The van der Waals surface area contributed by atoms with Crippen molar-refractivity contribution in [3.05, 3.63) is 71.3 Å². The van der Waals surface area contributed by atoms with Crippen LogP contribution in [-0.2, 0) is 0 Å². The summed E-state index contributed by atoms with van der Waals surface area (Å²) in [6, 6.07) is 13.0. The number of halogens is 2. The van der Waals surface area contributed by atoms with Crippen LogP contribution in [0.2, 0.25) is 0 Å². The van der Waals surface area contributed by atoms with Gasteiger partial charge in [0, 0.05) is 12.6 Å². The maximum Gasteiger partial charge on any atom is 0.123 e. The molecule has 0 aliphatic rings. The summed E-state index contributed by atoms with van der Waals surface area (Å²) in [5.74, 6) is -0.527. The zero-order chi connectivity index (χ0) is 15.2. The van der Waals surface area contributed by atoms with Crippen molar-refractivity contribution in [1.82, 2.24) is 10.6 Å². The van der Waals surface area contributed by atoms with Gasteiger partial charge in [-0.1, -0.05) is 24.3 Å². The van der Waals surface area contributed by atoms with E-state index in [0.717, 1.165) is 17.7 Å². The van der Waals surface area contributed by atoms with E-state index in [-0.39, 0.29) is 17.7 Å². The number of rotatable bonds is 6. The molecular weight excluding hydrogens is 270 g/mol. The predicted molar refractivity (Wildman–Crippen MR) is 81.2 cm³/mol. The SMILES string of the molecule is CN[C@H](C)CNC(c1ccc(F)cc1)c1ccc(F)cc1. The second-order valence-corrected chi connectivity index (χ2v) is 5.13. The molecule has 4 heteroatoms. The van der Waals surface area contributed by atoms with Crippen molar-refractivity contribution in [2.45, 2.75) is 19.0 Å². The predicted octanol–water partition coefficient (Wildman–Crippen LogP) is 3.25. The summed E-state index contributed by atoms with van der Waals surface area (Å²) in [5.41, 5.74) is 1.90. The van der Waals surface area contributed by atoms with Gasteiger partial charge < -0.3 is 10.6 Å². The van der Waals surface area contributed by atoms with Gasteiger partial charge in [0.2, 0.25) is 0 Å². The standard InChI is InChI=1S/C17H20F2N2/c1-12(20-2)11-21-17(13-3-7-15(18)8-4-13)14-5-9-16(19)10-6-14/h3-10,12,17,20-21H,11H2,1-2H3/t12-/m1/s1. The molecule has 0 fully saturated rings. The molecule has 2 nitrogen and oxygen atoms in total. The fourth-order valence-corrected chi connectivity index (χ4v) is 2.14. The van der Waals surface area contributed by atoms with Crippen LogP contribution in [0, 0.1) is 11.6 Å². The van der Waals surface area contributed by atoms with E-state index in [0.29, 0.717) is 6.04 Å². The van der Waals surface area contributed by atoms with Crippen molar-refractivity contribution in [3.63, 3.8) is 0 Å². The molecule has 0 radical (unpaired) electrons. The molecule has 0 heterocycles. The van der Waals surface area contributed by atoms with Crippen LogP contribution in [0.4, 0.5) is 8.78 Å². The van der Waals surface area contributed by atoms with Gasteiger partial charge in [0.25, 0.3) is 0 Å². The van der Waals surface area contributed by atoms with E-state index in [4.69, 9.17) is 0 Å². The van der Waals surface area contributed by atoms with Gasteiger partial charge in [-0.3, -0.25) is 0 Å². The number of benzene rings is 2. The Hall–Kier alpha value is -1.78. The van der Waals surface area contributed by atoms with Crippen LogP contribution in [0.25, 0.3) is 0 Å². The molecule has 0 bridgehead atoms. The topological polar surface area (TPSA) is 24.1 Å². The van der Waals surface area contributed by atoms with Gasteiger partial charge in [-0.25, -0.2) is 8.78 Å². The van der Waals surface area contributed by atoms with Crippen molar-refractivity contribution in [2.75, 3.05) is 13.6 Å². The second kappa shape index (κ2) is 7.29. The summed E-state index contributed by atoms with van der Waals surface area (Å²) < 4.78 is 26.2. The third kappa shape index (κ3) is 4.34. The zero-order valence-corrected chi connectivity index (χ0v) is 12.2. The second-order valence-electron chi connectivity index (χ2n) is 5.13. The first-order valence-corrected chi connectivity index (χ1v) is 7.01. The lowest BCUT2D eigenvalue weighted by Crippen LogP contribution is -2.36. The Kier molecular flexibility index (Phi) is 5.42.